The Bertz CT molecular complexity index is 1020. The fraction of sp³-hybridized carbons (Fsp3) is 0.231. The molecule has 3 rings (SSSR count). The number of carbonyl (C=O) groups excluding carboxylic acids is 2. The van der Waals surface area contributed by atoms with Crippen molar-refractivity contribution >= 4 is 29.3 Å². The molecule has 31 heavy (non-hydrogen) atoms. The van der Waals surface area contributed by atoms with Crippen LogP contribution in [0.3, 0.4) is 0 Å². The zero-order valence-electron chi connectivity index (χ0n) is 18.1. The molecular formula is C26H28N2O2S. The highest BCUT2D eigenvalue weighted by Gasteiger charge is 2.22. The number of carbonyl (C=O) groups is 2. The summed E-state index contributed by atoms with van der Waals surface area (Å²) < 4.78 is 0. The van der Waals surface area contributed by atoms with Crippen LogP contribution in [0.5, 0.6) is 0 Å². The van der Waals surface area contributed by atoms with Crippen LogP contribution in [0.15, 0.2) is 83.8 Å². The molecule has 2 amide bonds. The van der Waals surface area contributed by atoms with Crippen molar-refractivity contribution < 1.29 is 9.59 Å². The molecule has 5 heteroatoms. The van der Waals surface area contributed by atoms with Crippen molar-refractivity contribution in [3.05, 3.63) is 95.6 Å². The second kappa shape index (κ2) is 10.8. The number of amides is 2. The lowest BCUT2D eigenvalue weighted by Crippen LogP contribution is -2.27. The highest BCUT2D eigenvalue weighted by molar-refractivity contribution is 8.00. The molecule has 3 aromatic rings. The van der Waals surface area contributed by atoms with E-state index in [1.54, 1.807) is 12.1 Å². The van der Waals surface area contributed by atoms with Gasteiger partial charge in [0.25, 0.3) is 5.91 Å². The zero-order chi connectivity index (χ0) is 22.2. The standard InChI is InChI=1S/C26H28N2O2S/c1-18(2)17-27-25(29)21-14-15-23(19(3)16-21)28-26(30)24(20-10-6-4-7-11-20)31-22-12-8-5-9-13-22/h4-16,18,24H,17H2,1-3H3,(H,27,29)(H,28,30)/t24-/m1/s1. The van der Waals surface area contributed by atoms with Crippen molar-refractivity contribution in [2.75, 3.05) is 11.9 Å². The van der Waals surface area contributed by atoms with Crippen LogP contribution in [-0.2, 0) is 4.79 Å². The second-order valence-corrected chi connectivity index (χ2v) is 9.02. The molecule has 4 nitrogen and oxygen atoms in total. The summed E-state index contributed by atoms with van der Waals surface area (Å²) in [5.74, 6) is 0.192. The van der Waals surface area contributed by atoms with E-state index < -0.39 is 5.25 Å². The van der Waals surface area contributed by atoms with Gasteiger partial charge in [0.1, 0.15) is 5.25 Å². The van der Waals surface area contributed by atoms with Crippen LogP contribution in [0.1, 0.15) is 40.6 Å². The third kappa shape index (κ3) is 6.46. The van der Waals surface area contributed by atoms with Crippen LogP contribution in [0.2, 0.25) is 0 Å². The number of aryl methyl sites for hydroxylation is 1. The Balaban J connectivity index is 1.77. The van der Waals surface area contributed by atoms with Crippen LogP contribution in [-0.4, -0.2) is 18.4 Å². The molecule has 160 valence electrons. The topological polar surface area (TPSA) is 58.2 Å². The van der Waals surface area contributed by atoms with Gasteiger partial charge in [0, 0.05) is 22.7 Å². The van der Waals surface area contributed by atoms with E-state index in [4.69, 9.17) is 0 Å². The number of anilines is 1. The molecule has 0 saturated heterocycles. The molecule has 0 aliphatic carbocycles. The summed E-state index contributed by atoms with van der Waals surface area (Å²) in [5, 5.41) is 5.59. The summed E-state index contributed by atoms with van der Waals surface area (Å²) in [6, 6.07) is 25.0. The predicted molar refractivity (Wildman–Crippen MR) is 128 cm³/mol. The Kier molecular flexibility index (Phi) is 7.90. The monoisotopic (exact) mass is 432 g/mol. The van der Waals surface area contributed by atoms with Gasteiger partial charge in [-0.25, -0.2) is 0 Å². The SMILES string of the molecule is Cc1cc(C(=O)NCC(C)C)ccc1NC(=O)[C@H](Sc1ccccc1)c1ccccc1. The minimum Gasteiger partial charge on any atom is -0.352 e. The van der Waals surface area contributed by atoms with E-state index in [-0.39, 0.29) is 11.8 Å². The highest BCUT2D eigenvalue weighted by atomic mass is 32.2. The van der Waals surface area contributed by atoms with Crippen LogP contribution in [0, 0.1) is 12.8 Å². The Morgan fingerprint density at radius 2 is 1.55 bits per heavy atom. The first-order valence-corrected chi connectivity index (χ1v) is 11.3. The minimum atomic E-state index is -0.392. The molecule has 0 heterocycles. The highest BCUT2D eigenvalue weighted by Crippen LogP contribution is 2.36. The smallest absolute Gasteiger partial charge is 0.251 e. The Hall–Kier alpha value is -3.05. The predicted octanol–water partition coefficient (Wildman–Crippen LogP) is 5.85. The summed E-state index contributed by atoms with van der Waals surface area (Å²) >= 11 is 1.52. The van der Waals surface area contributed by atoms with Gasteiger partial charge >= 0.3 is 0 Å². The van der Waals surface area contributed by atoms with Crippen molar-refractivity contribution in [2.45, 2.75) is 30.9 Å². The maximum atomic E-state index is 13.3. The average molecular weight is 433 g/mol. The lowest BCUT2D eigenvalue weighted by molar-refractivity contribution is -0.115. The van der Waals surface area contributed by atoms with Crippen LogP contribution >= 0.6 is 11.8 Å². The number of rotatable bonds is 8. The van der Waals surface area contributed by atoms with Gasteiger partial charge in [-0.05, 0) is 54.3 Å². The Labute approximate surface area is 188 Å². The normalized spacial score (nSPS) is 11.7. The van der Waals surface area contributed by atoms with Crippen molar-refractivity contribution in [3.63, 3.8) is 0 Å². The van der Waals surface area contributed by atoms with Gasteiger partial charge in [0.05, 0.1) is 0 Å². The molecule has 0 radical (unpaired) electrons. The van der Waals surface area contributed by atoms with E-state index >= 15 is 0 Å². The van der Waals surface area contributed by atoms with E-state index in [9.17, 15) is 9.59 Å². The molecule has 0 aromatic heterocycles. The van der Waals surface area contributed by atoms with E-state index in [1.807, 2.05) is 73.7 Å². The third-order valence-corrected chi connectivity index (χ3v) is 6.02. The summed E-state index contributed by atoms with van der Waals surface area (Å²) in [6.07, 6.45) is 0. The number of thioether (sulfide) groups is 1. The van der Waals surface area contributed by atoms with Crippen molar-refractivity contribution in [3.8, 4) is 0 Å². The number of hydrogen-bond donors (Lipinski definition) is 2. The molecule has 0 aliphatic rings. The fourth-order valence-corrected chi connectivity index (χ4v) is 4.12. The second-order valence-electron chi connectivity index (χ2n) is 7.84. The molecule has 0 spiro atoms. The number of nitrogens with one attached hydrogen (secondary N) is 2. The van der Waals surface area contributed by atoms with Gasteiger partial charge in [0.2, 0.25) is 5.91 Å². The van der Waals surface area contributed by atoms with Gasteiger partial charge in [-0.15, -0.1) is 11.8 Å². The summed E-state index contributed by atoms with van der Waals surface area (Å²) in [4.78, 5) is 26.6. The van der Waals surface area contributed by atoms with E-state index in [0.717, 1.165) is 16.0 Å². The quantitative estimate of drug-likeness (QED) is 0.439. The first-order valence-electron chi connectivity index (χ1n) is 10.4. The molecular weight excluding hydrogens is 404 g/mol. The molecule has 2 N–H and O–H groups in total. The summed E-state index contributed by atoms with van der Waals surface area (Å²) in [7, 11) is 0. The molecule has 1 atom stereocenters. The number of hydrogen-bond acceptors (Lipinski definition) is 3. The zero-order valence-corrected chi connectivity index (χ0v) is 18.9. The molecule has 0 fully saturated rings. The van der Waals surface area contributed by atoms with E-state index in [2.05, 4.69) is 24.5 Å². The molecule has 0 bridgehead atoms. The van der Waals surface area contributed by atoms with Gasteiger partial charge in [-0.2, -0.15) is 0 Å². The van der Waals surface area contributed by atoms with Crippen LogP contribution < -0.4 is 10.6 Å². The van der Waals surface area contributed by atoms with Gasteiger partial charge in [-0.1, -0.05) is 62.4 Å². The van der Waals surface area contributed by atoms with Gasteiger partial charge < -0.3 is 10.6 Å². The average Bonchev–Trinajstić information content (AvgIpc) is 2.78. The van der Waals surface area contributed by atoms with E-state index in [0.29, 0.717) is 23.7 Å². The summed E-state index contributed by atoms with van der Waals surface area (Å²) in [5.41, 5.74) is 3.09. The largest absolute Gasteiger partial charge is 0.352 e. The van der Waals surface area contributed by atoms with E-state index in [1.165, 1.54) is 11.8 Å². The van der Waals surface area contributed by atoms with Crippen molar-refractivity contribution in [1.29, 1.82) is 0 Å². The third-order valence-electron chi connectivity index (χ3n) is 4.75. The number of benzene rings is 3. The molecule has 0 saturated carbocycles. The minimum absolute atomic E-state index is 0.0971. The lowest BCUT2D eigenvalue weighted by atomic mass is 10.1. The van der Waals surface area contributed by atoms with Crippen molar-refractivity contribution in [2.24, 2.45) is 5.92 Å². The molecule has 0 unspecified atom stereocenters. The Morgan fingerprint density at radius 3 is 2.16 bits per heavy atom. The maximum Gasteiger partial charge on any atom is 0.251 e. The fourth-order valence-electron chi connectivity index (χ4n) is 3.08. The summed E-state index contributed by atoms with van der Waals surface area (Å²) in [6.45, 7) is 6.64. The lowest BCUT2D eigenvalue weighted by Gasteiger charge is -2.18. The van der Waals surface area contributed by atoms with Gasteiger partial charge in [0.15, 0.2) is 0 Å². The maximum absolute atomic E-state index is 13.3. The first kappa shape index (κ1) is 22.6. The van der Waals surface area contributed by atoms with Crippen LogP contribution in [0.4, 0.5) is 5.69 Å². The first-order chi connectivity index (χ1) is 14.9. The molecule has 0 aliphatic heterocycles. The van der Waals surface area contributed by atoms with Crippen molar-refractivity contribution in [1.82, 2.24) is 5.32 Å². The van der Waals surface area contributed by atoms with Gasteiger partial charge in [-0.3, -0.25) is 9.59 Å². The Morgan fingerprint density at radius 1 is 0.903 bits per heavy atom. The van der Waals surface area contributed by atoms with Crippen LogP contribution in [0.25, 0.3) is 0 Å². The molecule has 3 aromatic carbocycles.